The number of ketones is 1. The number of hydrogen-bond acceptors (Lipinski definition) is 9. The number of likely N-dealkylation sites (tertiary alicyclic amines) is 1. The Morgan fingerprint density at radius 3 is 2.26 bits per heavy atom. The molecule has 2 saturated heterocycles. The summed E-state index contributed by atoms with van der Waals surface area (Å²) in [6.07, 6.45) is 2.06. The maximum Gasteiger partial charge on any atom is 0.493 e. The van der Waals surface area contributed by atoms with Gasteiger partial charge < -0.3 is 15.1 Å². The minimum Gasteiger partial charge on any atom is -0.329 e. The van der Waals surface area contributed by atoms with Crippen LogP contribution >= 0.6 is 0 Å². The van der Waals surface area contributed by atoms with Crippen molar-refractivity contribution in [3.63, 3.8) is 0 Å². The number of nitrogens with one attached hydrogen (secondary N) is 1. The first-order valence-electron chi connectivity index (χ1n) is 17.6. The van der Waals surface area contributed by atoms with Crippen LogP contribution < -0.4 is 26.5 Å². The lowest BCUT2D eigenvalue weighted by molar-refractivity contribution is -0.203. The van der Waals surface area contributed by atoms with Crippen molar-refractivity contribution >= 4 is 23.3 Å². The Balaban J connectivity index is 1.26. The molecule has 3 unspecified atom stereocenters. The van der Waals surface area contributed by atoms with Crippen molar-refractivity contribution in [2.45, 2.75) is 109 Å². The molecule has 14 heteroatoms. The standard InChI is InChI=1S/C33H45F3N6O5/c1-18(2)5-7-39-26-27(42(47-29(45)33(34,35)36)30(39)38-8-6-22-15-37-16-24(22)38)41(23-3-4-23)31(46)40(28(26)44)17-25(43)32-12-19-9-20(13-32)11-21(10-19)14-32/h18-24,30,37H,3-17H2,1-2H3. The van der Waals surface area contributed by atoms with Crippen molar-refractivity contribution in [3.8, 4) is 0 Å². The lowest BCUT2D eigenvalue weighted by Crippen LogP contribution is -2.59. The lowest BCUT2D eigenvalue weighted by Gasteiger charge is -2.56. The number of aromatic nitrogens is 2. The molecule has 0 spiro atoms. The van der Waals surface area contributed by atoms with Crippen LogP contribution in [-0.2, 0) is 21.0 Å². The molecule has 3 aliphatic heterocycles. The molecule has 8 aliphatic rings. The molecule has 5 saturated carbocycles. The Hall–Kier alpha value is -2.87. The Morgan fingerprint density at radius 2 is 1.66 bits per heavy atom. The van der Waals surface area contributed by atoms with E-state index in [-0.39, 0.29) is 54.3 Å². The highest BCUT2D eigenvalue weighted by molar-refractivity contribution is 5.85. The van der Waals surface area contributed by atoms with Gasteiger partial charge in [-0.2, -0.15) is 13.2 Å². The van der Waals surface area contributed by atoms with Crippen LogP contribution in [0, 0.1) is 35.0 Å². The highest BCUT2D eigenvalue weighted by Crippen LogP contribution is 2.60. The molecule has 5 aliphatic carbocycles. The Morgan fingerprint density at radius 1 is 1.00 bits per heavy atom. The van der Waals surface area contributed by atoms with Gasteiger partial charge in [-0.15, -0.1) is 5.06 Å². The minimum atomic E-state index is -5.29. The first-order chi connectivity index (χ1) is 22.3. The molecule has 9 rings (SSSR count). The smallest absolute Gasteiger partial charge is 0.329 e. The monoisotopic (exact) mass is 662 g/mol. The number of fused-ring (bicyclic) bond motifs is 2. The van der Waals surface area contributed by atoms with Crippen LogP contribution in [0.15, 0.2) is 9.59 Å². The number of nitrogens with zero attached hydrogens (tertiary/aromatic N) is 5. The third-order valence-corrected chi connectivity index (χ3v) is 12.3. The number of alkyl halides is 3. The molecule has 0 amide bonds. The largest absolute Gasteiger partial charge is 0.493 e. The first kappa shape index (κ1) is 31.4. The van der Waals surface area contributed by atoms with Gasteiger partial charge in [0.15, 0.2) is 23.6 Å². The summed E-state index contributed by atoms with van der Waals surface area (Å²) >= 11 is 0. The summed E-state index contributed by atoms with van der Waals surface area (Å²) in [4.78, 5) is 64.7. The van der Waals surface area contributed by atoms with E-state index < -0.39 is 35.1 Å². The zero-order valence-corrected chi connectivity index (χ0v) is 27.1. The van der Waals surface area contributed by atoms with E-state index in [1.165, 1.54) is 4.57 Å². The van der Waals surface area contributed by atoms with Crippen LogP contribution in [0.3, 0.4) is 0 Å². The molecular formula is C33H45F3N6O5. The molecule has 7 fully saturated rings. The van der Waals surface area contributed by atoms with E-state index in [2.05, 4.69) is 5.32 Å². The van der Waals surface area contributed by atoms with Gasteiger partial charge in [0.1, 0.15) is 0 Å². The fourth-order valence-corrected chi connectivity index (χ4v) is 10.4. The summed E-state index contributed by atoms with van der Waals surface area (Å²) in [5, 5.41) is 4.27. The second kappa shape index (κ2) is 11.1. The number of carbonyl (C=O) groups excluding carboxylic acids is 2. The normalized spacial score (nSPS) is 34.4. The van der Waals surface area contributed by atoms with Gasteiger partial charge in [-0.25, -0.2) is 9.59 Å². The summed E-state index contributed by atoms with van der Waals surface area (Å²) < 4.78 is 43.7. The molecule has 1 aromatic heterocycles. The molecule has 4 bridgehead atoms. The number of Topliss-reactive ketones (excluding diaryl/α,β-unsaturated/α-hetero) is 1. The van der Waals surface area contributed by atoms with E-state index >= 15 is 0 Å². The Labute approximate surface area is 271 Å². The minimum absolute atomic E-state index is 0.0323. The summed E-state index contributed by atoms with van der Waals surface area (Å²) in [5.74, 6) is -0.639. The third kappa shape index (κ3) is 5.14. The fourth-order valence-electron chi connectivity index (χ4n) is 10.4. The first-order valence-corrected chi connectivity index (χ1v) is 17.6. The van der Waals surface area contributed by atoms with E-state index in [9.17, 15) is 32.3 Å². The van der Waals surface area contributed by atoms with E-state index in [4.69, 9.17) is 4.84 Å². The van der Waals surface area contributed by atoms with Crippen molar-refractivity contribution in [2.75, 3.05) is 36.1 Å². The molecule has 0 aromatic carbocycles. The van der Waals surface area contributed by atoms with Gasteiger partial charge in [-0.1, -0.05) is 13.8 Å². The lowest BCUT2D eigenvalue weighted by atomic mass is 9.48. The zero-order valence-electron chi connectivity index (χ0n) is 27.1. The van der Waals surface area contributed by atoms with Crippen LogP contribution in [0.5, 0.6) is 0 Å². The highest BCUT2D eigenvalue weighted by atomic mass is 19.4. The number of hydroxylamine groups is 1. The second-order valence-corrected chi connectivity index (χ2v) is 16.0. The maximum absolute atomic E-state index is 14.6. The second-order valence-electron chi connectivity index (χ2n) is 16.0. The molecule has 1 N–H and O–H groups in total. The third-order valence-electron chi connectivity index (χ3n) is 12.3. The van der Waals surface area contributed by atoms with Crippen LogP contribution in [0.25, 0.3) is 0 Å². The summed E-state index contributed by atoms with van der Waals surface area (Å²) in [6, 6.07) is -0.432. The average molecular weight is 663 g/mol. The van der Waals surface area contributed by atoms with E-state index in [1.807, 2.05) is 18.7 Å². The van der Waals surface area contributed by atoms with Crippen LogP contribution in [-0.4, -0.2) is 70.5 Å². The SMILES string of the molecule is CC(C)CCN1c2c(n(C3CC3)c(=O)n(CC(=O)C34CC5CC(CC(C5)C3)C4)c2=O)N(OC(=O)C(F)(F)F)C1N1CCC2CNCC21. The number of halogens is 3. The molecule has 258 valence electrons. The number of anilines is 2. The highest BCUT2D eigenvalue weighted by Gasteiger charge is 2.57. The van der Waals surface area contributed by atoms with Crippen LogP contribution in [0.2, 0.25) is 0 Å². The molecule has 3 atom stereocenters. The summed E-state index contributed by atoms with van der Waals surface area (Å²) in [7, 11) is 0. The maximum atomic E-state index is 14.6. The summed E-state index contributed by atoms with van der Waals surface area (Å²) in [5.41, 5.74) is -1.93. The van der Waals surface area contributed by atoms with Crippen molar-refractivity contribution in [1.82, 2.24) is 19.4 Å². The molecular weight excluding hydrogens is 617 g/mol. The van der Waals surface area contributed by atoms with Gasteiger partial charge in [0.2, 0.25) is 0 Å². The van der Waals surface area contributed by atoms with Crippen molar-refractivity contribution in [2.24, 2.45) is 35.0 Å². The molecule has 4 heterocycles. The van der Waals surface area contributed by atoms with Crippen LogP contribution in [0.4, 0.5) is 24.7 Å². The van der Waals surface area contributed by atoms with E-state index in [1.54, 1.807) is 4.90 Å². The quantitative estimate of drug-likeness (QED) is 0.426. The van der Waals surface area contributed by atoms with Crippen molar-refractivity contribution < 1.29 is 27.6 Å². The van der Waals surface area contributed by atoms with Crippen molar-refractivity contribution in [3.05, 3.63) is 20.8 Å². The number of hydrogen-bond donors (Lipinski definition) is 1. The van der Waals surface area contributed by atoms with Gasteiger partial charge in [0, 0.05) is 37.1 Å². The topological polar surface area (TPSA) is 109 Å². The van der Waals surface area contributed by atoms with Gasteiger partial charge in [-0.3, -0.25) is 23.6 Å². The summed E-state index contributed by atoms with van der Waals surface area (Å²) in [6.45, 7) is 5.88. The van der Waals surface area contributed by atoms with Crippen molar-refractivity contribution in [1.29, 1.82) is 0 Å². The Kier molecular flexibility index (Phi) is 7.40. The zero-order chi connectivity index (χ0) is 33.0. The molecule has 11 nitrogen and oxygen atoms in total. The molecule has 0 radical (unpaired) electrons. The molecule has 1 aromatic rings. The predicted molar refractivity (Wildman–Crippen MR) is 166 cm³/mol. The Bertz CT molecular complexity index is 1550. The van der Waals surface area contributed by atoms with Gasteiger partial charge in [0.05, 0.1) is 6.54 Å². The number of rotatable bonds is 9. The number of carbonyl (C=O) groups is 2. The molecule has 47 heavy (non-hydrogen) atoms. The van der Waals surface area contributed by atoms with Gasteiger partial charge in [0.25, 0.3) is 5.56 Å². The van der Waals surface area contributed by atoms with Gasteiger partial charge in [-0.05, 0) is 100 Å². The fraction of sp³-hybridized carbons (Fsp3) is 0.818. The van der Waals surface area contributed by atoms with Crippen LogP contribution in [0.1, 0.15) is 84.1 Å². The predicted octanol–water partition coefficient (Wildman–Crippen LogP) is 3.40. The van der Waals surface area contributed by atoms with Gasteiger partial charge >= 0.3 is 17.8 Å². The van der Waals surface area contributed by atoms with E-state index in [0.29, 0.717) is 50.1 Å². The average Bonchev–Trinajstić information content (AvgIpc) is 3.45. The van der Waals surface area contributed by atoms with E-state index in [0.717, 1.165) is 61.1 Å².